The van der Waals surface area contributed by atoms with Crippen LogP contribution in [0.5, 0.6) is 0 Å². The Morgan fingerprint density at radius 2 is 2.15 bits per heavy atom. The summed E-state index contributed by atoms with van der Waals surface area (Å²) in [6, 6.07) is -0.0911. The van der Waals surface area contributed by atoms with Gasteiger partial charge in [-0.15, -0.1) is 0 Å². The van der Waals surface area contributed by atoms with Crippen LogP contribution in [-0.4, -0.2) is 67.9 Å². The predicted molar refractivity (Wildman–Crippen MR) is 74.3 cm³/mol. The molecule has 0 atom stereocenters. The Kier molecular flexibility index (Phi) is 8.17. The Balaban J connectivity index is 2.27. The molecule has 7 heteroatoms. The van der Waals surface area contributed by atoms with Crippen molar-refractivity contribution < 1.29 is 19.4 Å². The summed E-state index contributed by atoms with van der Waals surface area (Å²) in [5, 5.41) is 13.7. The van der Waals surface area contributed by atoms with Crippen LogP contribution in [0.4, 0.5) is 4.79 Å². The molecule has 1 rings (SSSR count). The van der Waals surface area contributed by atoms with Crippen molar-refractivity contribution in [2.45, 2.75) is 31.7 Å². The van der Waals surface area contributed by atoms with Gasteiger partial charge in [-0.25, -0.2) is 4.79 Å². The molecule has 0 unspecified atom stereocenters. The third-order valence-corrected chi connectivity index (χ3v) is 3.39. The molecule has 1 aliphatic carbocycles. The number of hydrogen-bond donors (Lipinski definition) is 3. The number of carbonyl (C=O) groups excluding carboxylic acids is 2. The summed E-state index contributed by atoms with van der Waals surface area (Å²) in [5.74, 6) is -0.315. The van der Waals surface area contributed by atoms with E-state index in [-0.39, 0.29) is 19.1 Å². The van der Waals surface area contributed by atoms with Gasteiger partial charge in [0.05, 0.1) is 13.2 Å². The number of aliphatic hydroxyl groups is 1. The minimum atomic E-state index is -0.497. The van der Waals surface area contributed by atoms with E-state index in [0.29, 0.717) is 32.2 Å². The highest BCUT2D eigenvalue weighted by molar-refractivity contribution is 5.95. The molecule has 0 heterocycles. The van der Waals surface area contributed by atoms with Crippen LogP contribution in [0, 0.1) is 0 Å². The molecule has 7 nitrogen and oxygen atoms in total. The van der Waals surface area contributed by atoms with Gasteiger partial charge in [-0.05, 0) is 19.3 Å². The number of carbonyl (C=O) groups is 2. The lowest BCUT2D eigenvalue weighted by Gasteiger charge is -2.37. The van der Waals surface area contributed by atoms with Crippen molar-refractivity contribution >= 4 is 11.9 Å². The molecule has 0 spiro atoms. The minimum absolute atomic E-state index is 0.113. The highest BCUT2D eigenvalue weighted by Crippen LogP contribution is 2.24. The highest BCUT2D eigenvalue weighted by atomic mass is 16.5. The lowest BCUT2D eigenvalue weighted by Crippen LogP contribution is -2.49. The van der Waals surface area contributed by atoms with E-state index in [1.165, 1.54) is 6.42 Å². The molecule has 0 aliphatic heterocycles. The van der Waals surface area contributed by atoms with Crippen molar-refractivity contribution in [3.8, 4) is 0 Å². The molecule has 20 heavy (non-hydrogen) atoms. The molecule has 1 fully saturated rings. The Bertz CT molecular complexity index is 308. The molecule has 0 bridgehead atoms. The third-order valence-electron chi connectivity index (χ3n) is 3.39. The predicted octanol–water partition coefficient (Wildman–Crippen LogP) is -0.304. The van der Waals surface area contributed by atoms with Crippen LogP contribution in [0.1, 0.15) is 25.7 Å². The third kappa shape index (κ3) is 6.31. The van der Waals surface area contributed by atoms with E-state index in [1.54, 1.807) is 7.11 Å². The van der Waals surface area contributed by atoms with Crippen LogP contribution in [0.25, 0.3) is 0 Å². The van der Waals surface area contributed by atoms with Gasteiger partial charge in [-0.3, -0.25) is 15.0 Å². The van der Waals surface area contributed by atoms with Gasteiger partial charge in [0.15, 0.2) is 0 Å². The number of ether oxygens (including phenoxy) is 1. The standard InChI is InChI=1S/C13H25N3O4/c1-20-9-6-14-13(19)15-12(18)10-16(7-3-8-17)11-4-2-5-11/h11,17H,2-10H2,1H3,(H2,14,15,18,19). The molecule has 0 aromatic rings. The second kappa shape index (κ2) is 9.68. The first-order valence-corrected chi connectivity index (χ1v) is 7.09. The van der Waals surface area contributed by atoms with Crippen molar-refractivity contribution in [3.63, 3.8) is 0 Å². The van der Waals surface area contributed by atoms with E-state index in [2.05, 4.69) is 10.6 Å². The van der Waals surface area contributed by atoms with Gasteiger partial charge < -0.3 is 15.2 Å². The number of imide groups is 1. The smallest absolute Gasteiger partial charge is 0.321 e. The van der Waals surface area contributed by atoms with Gasteiger partial charge in [0.2, 0.25) is 5.91 Å². The lowest BCUT2D eigenvalue weighted by molar-refractivity contribution is -0.122. The number of methoxy groups -OCH3 is 1. The zero-order chi connectivity index (χ0) is 14.8. The summed E-state index contributed by atoms with van der Waals surface area (Å²) in [6.07, 6.45) is 3.99. The van der Waals surface area contributed by atoms with Gasteiger partial charge in [0, 0.05) is 32.8 Å². The molecule has 3 N–H and O–H groups in total. The van der Waals surface area contributed by atoms with E-state index in [9.17, 15) is 9.59 Å². The van der Waals surface area contributed by atoms with Gasteiger partial charge in [-0.1, -0.05) is 6.42 Å². The second-order valence-electron chi connectivity index (χ2n) is 4.93. The monoisotopic (exact) mass is 287 g/mol. The molecule has 0 aromatic carbocycles. The summed E-state index contributed by atoms with van der Waals surface area (Å²) in [6.45, 7) is 1.77. The number of nitrogens with one attached hydrogen (secondary N) is 2. The summed E-state index contributed by atoms with van der Waals surface area (Å²) >= 11 is 0. The van der Waals surface area contributed by atoms with Gasteiger partial charge in [0.1, 0.15) is 0 Å². The van der Waals surface area contributed by atoms with Gasteiger partial charge in [0.25, 0.3) is 0 Å². The maximum absolute atomic E-state index is 11.8. The van der Waals surface area contributed by atoms with Crippen LogP contribution in [0.2, 0.25) is 0 Å². The zero-order valence-corrected chi connectivity index (χ0v) is 12.1. The largest absolute Gasteiger partial charge is 0.396 e. The van der Waals surface area contributed by atoms with Crippen LogP contribution < -0.4 is 10.6 Å². The number of hydrogen-bond acceptors (Lipinski definition) is 5. The fourth-order valence-electron chi connectivity index (χ4n) is 2.08. The molecular formula is C13H25N3O4. The Labute approximate surface area is 119 Å². The number of nitrogens with zero attached hydrogens (tertiary/aromatic N) is 1. The molecule has 1 aliphatic rings. The second-order valence-corrected chi connectivity index (χ2v) is 4.93. The normalized spacial score (nSPS) is 14.9. The number of urea groups is 1. The fourth-order valence-corrected chi connectivity index (χ4v) is 2.08. The summed E-state index contributed by atoms with van der Waals surface area (Å²) in [4.78, 5) is 25.3. The minimum Gasteiger partial charge on any atom is -0.396 e. The van der Waals surface area contributed by atoms with Crippen LogP contribution >= 0.6 is 0 Å². The molecule has 3 amide bonds. The van der Waals surface area contributed by atoms with Crippen molar-refractivity contribution in [1.82, 2.24) is 15.5 Å². The van der Waals surface area contributed by atoms with E-state index in [0.717, 1.165) is 12.8 Å². The van der Waals surface area contributed by atoms with E-state index in [4.69, 9.17) is 9.84 Å². The quantitative estimate of drug-likeness (QED) is 0.506. The van der Waals surface area contributed by atoms with Crippen molar-refractivity contribution in [3.05, 3.63) is 0 Å². The van der Waals surface area contributed by atoms with Gasteiger partial charge >= 0.3 is 6.03 Å². The Hall–Kier alpha value is -1.18. The van der Waals surface area contributed by atoms with Gasteiger partial charge in [-0.2, -0.15) is 0 Å². The average molecular weight is 287 g/mol. The molecular weight excluding hydrogens is 262 g/mol. The number of rotatable bonds is 9. The molecule has 0 saturated heterocycles. The van der Waals surface area contributed by atoms with E-state index < -0.39 is 6.03 Å². The van der Waals surface area contributed by atoms with E-state index >= 15 is 0 Å². The first kappa shape index (κ1) is 16.9. The van der Waals surface area contributed by atoms with Crippen molar-refractivity contribution in [2.24, 2.45) is 0 Å². The lowest BCUT2D eigenvalue weighted by atomic mass is 9.91. The molecule has 1 saturated carbocycles. The van der Waals surface area contributed by atoms with Crippen molar-refractivity contribution in [2.75, 3.05) is 40.0 Å². The van der Waals surface area contributed by atoms with Crippen LogP contribution in [0.15, 0.2) is 0 Å². The zero-order valence-electron chi connectivity index (χ0n) is 12.1. The first-order chi connectivity index (χ1) is 9.67. The van der Waals surface area contributed by atoms with Crippen molar-refractivity contribution in [1.29, 1.82) is 0 Å². The summed E-state index contributed by atoms with van der Waals surface area (Å²) in [7, 11) is 1.54. The Morgan fingerprint density at radius 1 is 1.40 bits per heavy atom. The molecule has 0 aromatic heterocycles. The fraction of sp³-hybridized carbons (Fsp3) is 0.846. The summed E-state index contributed by atoms with van der Waals surface area (Å²) in [5.41, 5.74) is 0. The Morgan fingerprint density at radius 3 is 2.70 bits per heavy atom. The highest BCUT2D eigenvalue weighted by Gasteiger charge is 2.26. The summed E-state index contributed by atoms with van der Waals surface area (Å²) < 4.78 is 4.80. The van der Waals surface area contributed by atoms with Crippen LogP contribution in [0.3, 0.4) is 0 Å². The molecule has 0 radical (unpaired) electrons. The van der Waals surface area contributed by atoms with E-state index in [1.807, 2.05) is 4.90 Å². The number of aliphatic hydroxyl groups excluding tert-OH is 1. The SMILES string of the molecule is COCCNC(=O)NC(=O)CN(CCCO)C1CCC1. The van der Waals surface area contributed by atoms with Crippen LogP contribution in [-0.2, 0) is 9.53 Å². The maximum atomic E-state index is 11.8. The topological polar surface area (TPSA) is 90.9 Å². The number of amides is 3. The molecule has 116 valence electrons. The average Bonchev–Trinajstić information content (AvgIpc) is 2.33. The first-order valence-electron chi connectivity index (χ1n) is 7.09. The maximum Gasteiger partial charge on any atom is 0.321 e.